The zero-order chi connectivity index (χ0) is 11.0. The molecule has 0 atom stereocenters. The SMILES string of the molecule is Cl.Fc1cc(F)c(F)c(OC2CNC2)c1F. The summed E-state index contributed by atoms with van der Waals surface area (Å²) in [5, 5.41) is 2.79. The fourth-order valence-electron chi connectivity index (χ4n) is 1.17. The number of halogens is 5. The summed E-state index contributed by atoms with van der Waals surface area (Å²) in [5.74, 6) is -6.91. The van der Waals surface area contributed by atoms with Gasteiger partial charge in [-0.25, -0.2) is 8.78 Å². The van der Waals surface area contributed by atoms with Crippen LogP contribution in [0, 0.1) is 23.3 Å². The van der Waals surface area contributed by atoms with E-state index in [9.17, 15) is 17.6 Å². The Labute approximate surface area is 95.0 Å². The Morgan fingerprint density at radius 3 is 1.94 bits per heavy atom. The number of rotatable bonds is 2. The highest BCUT2D eigenvalue weighted by Gasteiger charge is 2.26. The molecule has 0 bridgehead atoms. The quantitative estimate of drug-likeness (QED) is 0.646. The highest BCUT2D eigenvalue weighted by atomic mass is 35.5. The lowest BCUT2D eigenvalue weighted by Crippen LogP contribution is -2.50. The molecule has 0 radical (unpaired) electrons. The van der Waals surface area contributed by atoms with E-state index in [1.165, 1.54) is 0 Å². The van der Waals surface area contributed by atoms with Crippen LogP contribution >= 0.6 is 12.4 Å². The van der Waals surface area contributed by atoms with E-state index < -0.39 is 35.1 Å². The maximum atomic E-state index is 13.0. The molecule has 1 aromatic carbocycles. The monoisotopic (exact) mass is 257 g/mol. The largest absolute Gasteiger partial charge is 0.482 e. The van der Waals surface area contributed by atoms with E-state index in [-0.39, 0.29) is 18.5 Å². The van der Waals surface area contributed by atoms with Crippen LogP contribution in [0.3, 0.4) is 0 Å². The molecular weight excluding hydrogens is 250 g/mol. The molecule has 1 aliphatic heterocycles. The fraction of sp³-hybridized carbons (Fsp3) is 0.333. The Balaban J connectivity index is 0.00000128. The molecule has 2 rings (SSSR count). The van der Waals surface area contributed by atoms with Crippen molar-refractivity contribution in [1.82, 2.24) is 5.32 Å². The van der Waals surface area contributed by atoms with E-state index in [1.54, 1.807) is 0 Å². The maximum Gasteiger partial charge on any atom is 0.203 e. The summed E-state index contributed by atoms with van der Waals surface area (Å²) in [5.41, 5.74) is 0. The van der Waals surface area contributed by atoms with Gasteiger partial charge in [-0.15, -0.1) is 12.4 Å². The van der Waals surface area contributed by atoms with E-state index in [4.69, 9.17) is 4.74 Å². The van der Waals surface area contributed by atoms with E-state index in [2.05, 4.69) is 5.32 Å². The van der Waals surface area contributed by atoms with Gasteiger partial charge in [0, 0.05) is 19.2 Å². The number of hydrogen-bond acceptors (Lipinski definition) is 2. The predicted molar refractivity (Wildman–Crippen MR) is 50.8 cm³/mol. The molecule has 2 nitrogen and oxygen atoms in total. The first kappa shape index (κ1) is 13.1. The molecule has 90 valence electrons. The average molecular weight is 258 g/mol. The van der Waals surface area contributed by atoms with E-state index in [0.29, 0.717) is 13.1 Å². The topological polar surface area (TPSA) is 21.3 Å². The minimum absolute atomic E-state index is 0. The van der Waals surface area contributed by atoms with Gasteiger partial charge in [-0.3, -0.25) is 0 Å². The molecule has 1 saturated heterocycles. The van der Waals surface area contributed by atoms with Gasteiger partial charge in [0.25, 0.3) is 0 Å². The zero-order valence-electron chi connectivity index (χ0n) is 7.90. The molecule has 1 aliphatic rings. The van der Waals surface area contributed by atoms with Crippen molar-refractivity contribution in [2.75, 3.05) is 13.1 Å². The number of hydrogen-bond donors (Lipinski definition) is 1. The smallest absolute Gasteiger partial charge is 0.203 e. The van der Waals surface area contributed by atoms with E-state index in [1.807, 2.05) is 0 Å². The minimum atomic E-state index is -1.50. The van der Waals surface area contributed by atoms with Gasteiger partial charge in [-0.1, -0.05) is 0 Å². The van der Waals surface area contributed by atoms with Crippen molar-refractivity contribution in [1.29, 1.82) is 0 Å². The third-order valence-electron chi connectivity index (χ3n) is 2.10. The number of benzene rings is 1. The third-order valence-corrected chi connectivity index (χ3v) is 2.10. The lowest BCUT2D eigenvalue weighted by molar-refractivity contribution is 0.127. The summed E-state index contributed by atoms with van der Waals surface area (Å²) < 4.78 is 56.3. The lowest BCUT2D eigenvalue weighted by Gasteiger charge is -2.28. The van der Waals surface area contributed by atoms with Crippen molar-refractivity contribution in [2.24, 2.45) is 0 Å². The summed E-state index contributed by atoms with van der Waals surface area (Å²) in [6.07, 6.45) is -0.449. The van der Waals surface area contributed by atoms with Crippen LogP contribution in [0.5, 0.6) is 5.75 Å². The van der Waals surface area contributed by atoms with Gasteiger partial charge < -0.3 is 10.1 Å². The maximum absolute atomic E-state index is 13.0. The van der Waals surface area contributed by atoms with Crippen LogP contribution in [-0.2, 0) is 0 Å². The molecule has 0 aromatic heterocycles. The van der Waals surface area contributed by atoms with Crippen LogP contribution in [0.2, 0.25) is 0 Å². The van der Waals surface area contributed by atoms with Crippen molar-refractivity contribution < 1.29 is 22.3 Å². The summed E-state index contributed by atoms with van der Waals surface area (Å²) in [6, 6.07) is 0.149. The van der Waals surface area contributed by atoms with Crippen molar-refractivity contribution >= 4 is 12.4 Å². The van der Waals surface area contributed by atoms with E-state index >= 15 is 0 Å². The normalized spacial score (nSPS) is 15.2. The van der Waals surface area contributed by atoms with Crippen molar-refractivity contribution in [3.05, 3.63) is 29.3 Å². The first-order chi connectivity index (χ1) is 7.09. The summed E-state index contributed by atoms with van der Waals surface area (Å²) >= 11 is 0. The van der Waals surface area contributed by atoms with Crippen molar-refractivity contribution in [3.8, 4) is 5.75 Å². The van der Waals surface area contributed by atoms with Gasteiger partial charge in [-0.2, -0.15) is 8.78 Å². The first-order valence-corrected chi connectivity index (χ1v) is 4.30. The molecule has 0 unspecified atom stereocenters. The molecule has 0 spiro atoms. The van der Waals surface area contributed by atoms with E-state index in [0.717, 1.165) is 0 Å². The molecular formula is C9H8ClF4NO. The molecule has 1 fully saturated rings. The zero-order valence-corrected chi connectivity index (χ0v) is 8.71. The highest BCUT2D eigenvalue weighted by molar-refractivity contribution is 5.85. The molecule has 1 aromatic rings. The molecule has 1 N–H and O–H groups in total. The van der Waals surface area contributed by atoms with Crippen molar-refractivity contribution in [3.63, 3.8) is 0 Å². The van der Waals surface area contributed by atoms with Gasteiger partial charge in [0.2, 0.25) is 11.6 Å². The molecule has 7 heteroatoms. The van der Waals surface area contributed by atoms with Crippen LogP contribution in [0.4, 0.5) is 17.6 Å². The van der Waals surface area contributed by atoms with Gasteiger partial charge in [-0.05, 0) is 0 Å². The Morgan fingerprint density at radius 2 is 1.56 bits per heavy atom. The van der Waals surface area contributed by atoms with Crippen molar-refractivity contribution in [2.45, 2.75) is 6.10 Å². The number of nitrogens with one attached hydrogen (secondary N) is 1. The van der Waals surface area contributed by atoms with Crippen LogP contribution in [-0.4, -0.2) is 19.2 Å². The molecule has 0 aliphatic carbocycles. The molecule has 0 saturated carbocycles. The van der Waals surface area contributed by atoms with Gasteiger partial charge in [0.15, 0.2) is 17.4 Å². The Bertz CT molecular complexity index is 371. The van der Waals surface area contributed by atoms with Crippen LogP contribution in [0.25, 0.3) is 0 Å². The van der Waals surface area contributed by atoms with Crippen LogP contribution in [0.1, 0.15) is 0 Å². The first-order valence-electron chi connectivity index (χ1n) is 4.30. The van der Waals surface area contributed by atoms with Gasteiger partial charge in [0.05, 0.1) is 0 Å². The minimum Gasteiger partial charge on any atom is -0.482 e. The second-order valence-electron chi connectivity index (χ2n) is 3.20. The summed E-state index contributed by atoms with van der Waals surface area (Å²) in [4.78, 5) is 0. The van der Waals surface area contributed by atoms with Crippen LogP contribution in [0.15, 0.2) is 6.07 Å². The highest BCUT2D eigenvalue weighted by Crippen LogP contribution is 2.27. The molecule has 1 heterocycles. The summed E-state index contributed by atoms with van der Waals surface area (Å²) in [6.45, 7) is 0.800. The Hall–Kier alpha value is -1.01. The third kappa shape index (κ3) is 2.22. The average Bonchev–Trinajstić information content (AvgIpc) is 2.12. The lowest BCUT2D eigenvalue weighted by atomic mass is 10.2. The van der Waals surface area contributed by atoms with Crippen LogP contribution < -0.4 is 10.1 Å². The molecule has 16 heavy (non-hydrogen) atoms. The Kier molecular flexibility index (Phi) is 3.98. The standard InChI is InChI=1S/C9H7F4NO.ClH/c10-5-1-6(11)8(13)9(7(5)12)15-4-2-14-3-4;/h1,4,14H,2-3H2;1H. The second-order valence-corrected chi connectivity index (χ2v) is 3.20. The fourth-order valence-corrected chi connectivity index (χ4v) is 1.17. The second kappa shape index (κ2) is 4.88. The Morgan fingerprint density at radius 1 is 1.06 bits per heavy atom. The molecule has 0 amide bonds. The predicted octanol–water partition coefficient (Wildman–Crippen LogP) is 2.02. The number of ether oxygens (including phenoxy) is 1. The summed E-state index contributed by atoms with van der Waals surface area (Å²) in [7, 11) is 0. The van der Waals surface area contributed by atoms with Gasteiger partial charge >= 0.3 is 0 Å². The van der Waals surface area contributed by atoms with Gasteiger partial charge in [0.1, 0.15) is 6.10 Å².